The van der Waals surface area contributed by atoms with Crippen molar-refractivity contribution in [2.24, 2.45) is 5.41 Å². The van der Waals surface area contributed by atoms with E-state index in [1.165, 1.54) is 0 Å². The summed E-state index contributed by atoms with van der Waals surface area (Å²) >= 11 is 3.43. The van der Waals surface area contributed by atoms with Gasteiger partial charge in [0.2, 0.25) is 5.91 Å². The fraction of sp³-hybridized carbons (Fsp3) is 0.500. The van der Waals surface area contributed by atoms with E-state index in [0.717, 1.165) is 16.6 Å². The van der Waals surface area contributed by atoms with E-state index in [9.17, 15) is 14.7 Å². The molecule has 2 heterocycles. The second kappa shape index (κ2) is 5.66. The van der Waals surface area contributed by atoms with Crippen LogP contribution in [0.15, 0.2) is 28.7 Å². The van der Waals surface area contributed by atoms with Crippen molar-refractivity contribution in [3.8, 4) is 0 Å². The second-order valence-corrected chi connectivity index (χ2v) is 7.28. The molecule has 0 aliphatic carbocycles. The number of carboxylic acids is 1. The quantitative estimate of drug-likeness (QED) is 0.891. The van der Waals surface area contributed by atoms with Crippen LogP contribution in [0.1, 0.15) is 19.8 Å². The van der Waals surface area contributed by atoms with E-state index in [0.29, 0.717) is 26.1 Å². The topological polar surface area (TPSA) is 60.9 Å². The van der Waals surface area contributed by atoms with Crippen LogP contribution in [0.2, 0.25) is 0 Å². The predicted octanol–water partition coefficient (Wildman–Crippen LogP) is 2.35. The summed E-state index contributed by atoms with van der Waals surface area (Å²) in [4.78, 5) is 27.9. The monoisotopic (exact) mass is 366 g/mol. The van der Waals surface area contributed by atoms with Gasteiger partial charge in [0.1, 0.15) is 0 Å². The van der Waals surface area contributed by atoms with Crippen molar-refractivity contribution >= 4 is 33.5 Å². The van der Waals surface area contributed by atoms with E-state index < -0.39 is 11.4 Å². The van der Waals surface area contributed by atoms with Crippen LogP contribution in [0, 0.1) is 5.41 Å². The predicted molar refractivity (Wildman–Crippen MR) is 86.8 cm³/mol. The number of benzene rings is 1. The SMILES string of the molecule is CC1(C(=O)O)CCN(C2CCN(c3cccc(Br)c3)C2=O)C1. The molecule has 0 saturated carbocycles. The lowest BCUT2D eigenvalue weighted by atomic mass is 9.90. The maximum Gasteiger partial charge on any atom is 0.310 e. The first kappa shape index (κ1) is 15.5. The van der Waals surface area contributed by atoms with Crippen molar-refractivity contribution in [2.75, 3.05) is 24.5 Å². The molecule has 0 radical (unpaired) electrons. The number of amides is 1. The van der Waals surface area contributed by atoms with Crippen LogP contribution in [-0.2, 0) is 9.59 Å². The molecule has 0 spiro atoms. The third-order valence-corrected chi connectivity index (χ3v) is 5.25. The third kappa shape index (κ3) is 2.65. The first-order chi connectivity index (χ1) is 10.4. The molecule has 1 aromatic carbocycles. The van der Waals surface area contributed by atoms with Crippen LogP contribution < -0.4 is 4.90 Å². The number of carboxylic acid groups (broad SMARTS) is 1. The first-order valence-corrected chi connectivity index (χ1v) is 8.24. The Balaban J connectivity index is 1.74. The molecule has 1 aromatic rings. The maximum atomic E-state index is 12.7. The van der Waals surface area contributed by atoms with Crippen molar-refractivity contribution < 1.29 is 14.7 Å². The Kier molecular flexibility index (Phi) is 3.99. The Labute approximate surface area is 138 Å². The number of rotatable bonds is 3. The molecular weight excluding hydrogens is 348 g/mol. The van der Waals surface area contributed by atoms with Crippen LogP contribution >= 0.6 is 15.9 Å². The van der Waals surface area contributed by atoms with Gasteiger partial charge in [-0.1, -0.05) is 22.0 Å². The minimum absolute atomic E-state index is 0.0766. The lowest BCUT2D eigenvalue weighted by molar-refractivity contribution is -0.147. The van der Waals surface area contributed by atoms with E-state index in [1.54, 1.807) is 11.8 Å². The molecule has 0 bridgehead atoms. The van der Waals surface area contributed by atoms with Crippen LogP contribution in [0.25, 0.3) is 0 Å². The summed E-state index contributed by atoms with van der Waals surface area (Å²) in [5.41, 5.74) is 0.158. The zero-order chi connectivity index (χ0) is 15.9. The first-order valence-electron chi connectivity index (χ1n) is 7.45. The van der Waals surface area contributed by atoms with E-state index in [-0.39, 0.29) is 11.9 Å². The van der Waals surface area contributed by atoms with Crippen molar-refractivity contribution in [3.05, 3.63) is 28.7 Å². The lowest BCUT2D eigenvalue weighted by Gasteiger charge is -2.25. The number of hydrogen-bond acceptors (Lipinski definition) is 3. The number of carbonyl (C=O) groups is 2. The van der Waals surface area contributed by atoms with Crippen molar-refractivity contribution in [1.29, 1.82) is 0 Å². The summed E-state index contributed by atoms with van der Waals surface area (Å²) in [6, 6.07) is 7.51. The van der Waals surface area contributed by atoms with Gasteiger partial charge in [0.05, 0.1) is 11.5 Å². The molecule has 6 heteroatoms. The van der Waals surface area contributed by atoms with E-state index >= 15 is 0 Å². The number of anilines is 1. The van der Waals surface area contributed by atoms with Crippen molar-refractivity contribution in [1.82, 2.24) is 4.90 Å². The summed E-state index contributed by atoms with van der Waals surface area (Å²) in [6.45, 7) is 3.57. The van der Waals surface area contributed by atoms with Crippen molar-refractivity contribution in [3.63, 3.8) is 0 Å². The number of halogens is 1. The Morgan fingerprint density at radius 2 is 2.18 bits per heavy atom. The molecule has 2 atom stereocenters. The maximum absolute atomic E-state index is 12.7. The zero-order valence-corrected chi connectivity index (χ0v) is 14.0. The Morgan fingerprint density at radius 1 is 1.41 bits per heavy atom. The molecule has 3 rings (SSSR count). The normalized spacial score (nSPS) is 29.3. The summed E-state index contributed by atoms with van der Waals surface area (Å²) < 4.78 is 0.945. The van der Waals surface area contributed by atoms with Crippen LogP contribution in [0.4, 0.5) is 5.69 Å². The molecule has 2 unspecified atom stereocenters. The van der Waals surface area contributed by atoms with Gasteiger partial charge in [-0.15, -0.1) is 0 Å². The van der Waals surface area contributed by atoms with Gasteiger partial charge in [-0.3, -0.25) is 14.5 Å². The van der Waals surface area contributed by atoms with Gasteiger partial charge in [-0.25, -0.2) is 0 Å². The summed E-state index contributed by atoms with van der Waals surface area (Å²) in [5.74, 6) is -0.697. The standard InChI is InChI=1S/C16H19BrN2O3/c1-16(15(21)22)6-8-18(10-16)13-5-7-19(14(13)20)12-4-2-3-11(17)9-12/h2-4,9,13H,5-8,10H2,1H3,(H,21,22). The molecular formula is C16H19BrN2O3. The zero-order valence-electron chi connectivity index (χ0n) is 12.5. The highest BCUT2D eigenvalue weighted by Crippen LogP contribution is 2.34. The average Bonchev–Trinajstić information content (AvgIpc) is 3.03. The molecule has 2 aliphatic heterocycles. The van der Waals surface area contributed by atoms with Gasteiger partial charge in [0.25, 0.3) is 0 Å². The molecule has 22 heavy (non-hydrogen) atoms. The minimum Gasteiger partial charge on any atom is -0.481 e. The highest BCUT2D eigenvalue weighted by molar-refractivity contribution is 9.10. The smallest absolute Gasteiger partial charge is 0.310 e. The second-order valence-electron chi connectivity index (χ2n) is 6.36. The summed E-state index contributed by atoms with van der Waals surface area (Å²) in [7, 11) is 0. The molecule has 2 saturated heterocycles. The fourth-order valence-electron chi connectivity index (χ4n) is 3.34. The molecule has 1 amide bonds. The van der Waals surface area contributed by atoms with Gasteiger partial charge in [0.15, 0.2) is 0 Å². The highest BCUT2D eigenvalue weighted by Gasteiger charge is 2.46. The number of nitrogens with zero attached hydrogens (tertiary/aromatic N) is 2. The molecule has 5 nitrogen and oxygen atoms in total. The highest BCUT2D eigenvalue weighted by atomic mass is 79.9. The van der Waals surface area contributed by atoms with Crippen LogP contribution in [-0.4, -0.2) is 47.6 Å². The largest absolute Gasteiger partial charge is 0.481 e. The molecule has 118 valence electrons. The van der Waals surface area contributed by atoms with Gasteiger partial charge in [0, 0.05) is 29.8 Å². The van der Waals surface area contributed by atoms with Crippen molar-refractivity contribution in [2.45, 2.75) is 25.8 Å². The van der Waals surface area contributed by atoms with Gasteiger partial charge < -0.3 is 10.0 Å². The molecule has 2 fully saturated rings. The Hall–Kier alpha value is -1.40. The van der Waals surface area contributed by atoms with E-state index in [4.69, 9.17) is 0 Å². The van der Waals surface area contributed by atoms with Gasteiger partial charge in [-0.2, -0.15) is 0 Å². The number of hydrogen-bond donors (Lipinski definition) is 1. The summed E-state index contributed by atoms with van der Waals surface area (Å²) in [6.07, 6.45) is 1.35. The average molecular weight is 367 g/mol. The lowest BCUT2D eigenvalue weighted by Crippen LogP contribution is -2.42. The minimum atomic E-state index is -0.774. The van der Waals surface area contributed by atoms with Crippen LogP contribution in [0.5, 0.6) is 0 Å². The van der Waals surface area contributed by atoms with Gasteiger partial charge in [-0.05, 0) is 38.0 Å². The van der Waals surface area contributed by atoms with Gasteiger partial charge >= 0.3 is 5.97 Å². The number of carbonyl (C=O) groups excluding carboxylic acids is 1. The van der Waals surface area contributed by atoms with E-state index in [2.05, 4.69) is 15.9 Å². The Morgan fingerprint density at radius 3 is 2.82 bits per heavy atom. The third-order valence-electron chi connectivity index (χ3n) is 4.76. The molecule has 0 aromatic heterocycles. The van der Waals surface area contributed by atoms with E-state index in [1.807, 2.05) is 29.2 Å². The molecule has 1 N–H and O–H groups in total. The summed E-state index contributed by atoms with van der Waals surface area (Å²) in [5, 5.41) is 9.33. The number of aliphatic carboxylic acids is 1. The Bertz CT molecular complexity index is 621. The molecule has 2 aliphatic rings. The van der Waals surface area contributed by atoms with Crippen LogP contribution in [0.3, 0.4) is 0 Å². The number of likely N-dealkylation sites (tertiary alicyclic amines) is 1. The fourth-order valence-corrected chi connectivity index (χ4v) is 3.73.